The fourth-order valence-corrected chi connectivity index (χ4v) is 5.50. The number of hydrogen-bond donors (Lipinski definition) is 1. The van der Waals surface area contributed by atoms with Crippen LogP contribution in [0.5, 0.6) is 11.5 Å². The van der Waals surface area contributed by atoms with E-state index in [0.29, 0.717) is 41.9 Å². The first-order valence-corrected chi connectivity index (χ1v) is 14.7. The van der Waals surface area contributed by atoms with Gasteiger partial charge in [-0.25, -0.2) is 0 Å². The van der Waals surface area contributed by atoms with Gasteiger partial charge < -0.3 is 14.8 Å². The lowest BCUT2D eigenvalue weighted by Gasteiger charge is -2.14. The van der Waals surface area contributed by atoms with Crippen LogP contribution >= 0.6 is 11.8 Å². The van der Waals surface area contributed by atoms with Gasteiger partial charge in [-0.3, -0.25) is 19.3 Å². The van der Waals surface area contributed by atoms with Gasteiger partial charge in [0.1, 0.15) is 13.2 Å². The Kier molecular flexibility index (Phi) is 8.93. The van der Waals surface area contributed by atoms with Crippen LogP contribution in [0.3, 0.4) is 0 Å². The summed E-state index contributed by atoms with van der Waals surface area (Å²) >= 11 is 0.809. The second-order valence-corrected chi connectivity index (χ2v) is 11.2. The van der Waals surface area contributed by atoms with Gasteiger partial charge in [0.2, 0.25) is 5.91 Å². The zero-order valence-corrected chi connectivity index (χ0v) is 24.6. The molecule has 1 fully saturated rings. The van der Waals surface area contributed by atoms with Crippen molar-refractivity contribution >= 4 is 51.4 Å². The predicted octanol–water partition coefficient (Wildman–Crippen LogP) is 7.62. The quantitative estimate of drug-likeness (QED) is 0.194. The van der Waals surface area contributed by atoms with E-state index in [1.54, 1.807) is 18.2 Å². The predicted molar refractivity (Wildman–Crippen MR) is 168 cm³/mol. The minimum atomic E-state index is -0.510. The first-order chi connectivity index (χ1) is 20.3. The molecular formula is C34H32N2O5S. The van der Waals surface area contributed by atoms with Gasteiger partial charge in [-0.2, -0.15) is 0 Å². The Balaban J connectivity index is 1.26. The van der Waals surface area contributed by atoms with E-state index >= 15 is 0 Å². The maximum atomic E-state index is 13.1. The van der Waals surface area contributed by atoms with Crippen molar-refractivity contribution in [1.82, 2.24) is 4.90 Å². The van der Waals surface area contributed by atoms with Crippen molar-refractivity contribution in [2.24, 2.45) is 0 Å². The molecule has 4 aromatic carbocycles. The zero-order valence-electron chi connectivity index (χ0n) is 23.8. The van der Waals surface area contributed by atoms with Crippen LogP contribution in [0.1, 0.15) is 43.4 Å². The monoisotopic (exact) mass is 580 g/mol. The summed E-state index contributed by atoms with van der Waals surface area (Å²) in [5, 5.41) is 4.54. The van der Waals surface area contributed by atoms with Crippen LogP contribution in [0.25, 0.3) is 16.8 Å². The summed E-state index contributed by atoms with van der Waals surface area (Å²) in [6.07, 6.45) is 1.63. The standard InChI is InChI=1S/C34H32N2O5S/c1-4-40-30-18-23(12-17-29(30)41-21-26-10-7-9-25-8-5-6-11-28(25)26)19-31-33(38)36(34(39)42-31)20-32(37)35-27-15-13-24(14-16-27)22(2)3/h5-19,22H,4,20-21H2,1-3H3,(H,35,37)/b31-19+. The van der Waals surface area contributed by atoms with E-state index < -0.39 is 17.1 Å². The van der Waals surface area contributed by atoms with Crippen LogP contribution < -0.4 is 14.8 Å². The molecule has 0 bridgehead atoms. The molecule has 1 saturated heterocycles. The minimum absolute atomic E-state index is 0.237. The summed E-state index contributed by atoms with van der Waals surface area (Å²) in [5.41, 5.74) is 3.50. The summed E-state index contributed by atoms with van der Waals surface area (Å²) in [7, 11) is 0. The average Bonchev–Trinajstić information content (AvgIpc) is 3.24. The summed E-state index contributed by atoms with van der Waals surface area (Å²) in [6.45, 7) is 6.50. The van der Waals surface area contributed by atoms with Crippen molar-refractivity contribution in [3.05, 3.63) is 107 Å². The fraction of sp³-hybridized carbons (Fsp3) is 0.206. The van der Waals surface area contributed by atoms with Gasteiger partial charge in [-0.05, 0) is 82.4 Å². The van der Waals surface area contributed by atoms with Crippen molar-refractivity contribution in [2.45, 2.75) is 33.3 Å². The van der Waals surface area contributed by atoms with Crippen LogP contribution in [-0.2, 0) is 16.2 Å². The first kappa shape index (κ1) is 29.0. The molecule has 0 spiro atoms. The highest BCUT2D eigenvalue weighted by Crippen LogP contribution is 2.35. The van der Waals surface area contributed by atoms with E-state index in [0.717, 1.165) is 38.6 Å². The smallest absolute Gasteiger partial charge is 0.294 e. The van der Waals surface area contributed by atoms with Gasteiger partial charge >= 0.3 is 0 Å². The summed E-state index contributed by atoms with van der Waals surface area (Å²) in [4.78, 5) is 39.5. The molecule has 4 aromatic rings. The molecule has 0 aliphatic carbocycles. The number of carbonyl (C=O) groups is 3. The molecule has 42 heavy (non-hydrogen) atoms. The Morgan fingerprint density at radius 3 is 2.45 bits per heavy atom. The van der Waals surface area contributed by atoms with Crippen LogP contribution in [0.4, 0.5) is 10.5 Å². The lowest BCUT2D eigenvalue weighted by molar-refractivity contribution is -0.127. The molecule has 7 nitrogen and oxygen atoms in total. The molecule has 1 N–H and O–H groups in total. The van der Waals surface area contributed by atoms with Crippen molar-refractivity contribution in [2.75, 3.05) is 18.5 Å². The molecule has 214 valence electrons. The molecule has 1 heterocycles. The molecule has 0 radical (unpaired) electrons. The molecule has 0 saturated carbocycles. The zero-order chi connectivity index (χ0) is 29.6. The van der Waals surface area contributed by atoms with Crippen molar-refractivity contribution in [3.8, 4) is 11.5 Å². The number of carbonyl (C=O) groups excluding carboxylic acids is 3. The third-order valence-corrected chi connectivity index (χ3v) is 7.77. The summed E-state index contributed by atoms with van der Waals surface area (Å²) in [6, 6.07) is 27.2. The molecule has 1 aliphatic rings. The number of amides is 3. The number of benzene rings is 4. The molecule has 1 aliphatic heterocycles. The van der Waals surface area contributed by atoms with E-state index in [4.69, 9.17) is 9.47 Å². The van der Waals surface area contributed by atoms with E-state index in [2.05, 4.69) is 37.4 Å². The van der Waals surface area contributed by atoms with Gasteiger partial charge in [-0.1, -0.05) is 74.5 Å². The van der Waals surface area contributed by atoms with E-state index in [1.165, 1.54) is 0 Å². The lowest BCUT2D eigenvalue weighted by Crippen LogP contribution is -2.36. The summed E-state index contributed by atoms with van der Waals surface area (Å²) < 4.78 is 12.0. The minimum Gasteiger partial charge on any atom is -0.490 e. The van der Waals surface area contributed by atoms with Crippen molar-refractivity contribution in [3.63, 3.8) is 0 Å². The Labute approximate surface area is 249 Å². The number of hydrogen-bond acceptors (Lipinski definition) is 6. The number of fused-ring (bicyclic) bond motifs is 1. The maximum Gasteiger partial charge on any atom is 0.294 e. The van der Waals surface area contributed by atoms with Gasteiger partial charge in [0.15, 0.2) is 11.5 Å². The molecular weight excluding hydrogens is 548 g/mol. The number of imide groups is 1. The van der Waals surface area contributed by atoms with Crippen LogP contribution in [0, 0.1) is 0 Å². The maximum absolute atomic E-state index is 13.1. The van der Waals surface area contributed by atoms with Crippen LogP contribution in [0.15, 0.2) is 89.8 Å². The molecule has 3 amide bonds. The Morgan fingerprint density at radius 2 is 1.69 bits per heavy atom. The number of ether oxygens (including phenoxy) is 2. The first-order valence-electron chi connectivity index (χ1n) is 13.8. The van der Waals surface area contributed by atoms with Gasteiger partial charge in [0.25, 0.3) is 11.1 Å². The van der Waals surface area contributed by atoms with Crippen LogP contribution in [-0.4, -0.2) is 35.1 Å². The largest absolute Gasteiger partial charge is 0.490 e. The van der Waals surface area contributed by atoms with E-state index in [9.17, 15) is 14.4 Å². The number of rotatable bonds is 10. The van der Waals surface area contributed by atoms with Crippen LogP contribution in [0.2, 0.25) is 0 Å². The van der Waals surface area contributed by atoms with Gasteiger partial charge in [-0.15, -0.1) is 0 Å². The van der Waals surface area contributed by atoms with E-state index in [-0.39, 0.29) is 11.4 Å². The number of anilines is 1. The third-order valence-electron chi connectivity index (χ3n) is 6.86. The fourth-order valence-electron chi connectivity index (χ4n) is 4.66. The molecule has 0 atom stereocenters. The summed E-state index contributed by atoms with van der Waals surface area (Å²) in [5.74, 6) is 0.536. The van der Waals surface area contributed by atoms with Crippen molar-refractivity contribution < 1.29 is 23.9 Å². The second-order valence-electron chi connectivity index (χ2n) is 10.2. The third kappa shape index (κ3) is 6.66. The average molecular weight is 581 g/mol. The van der Waals surface area contributed by atoms with E-state index in [1.807, 2.05) is 61.5 Å². The van der Waals surface area contributed by atoms with Gasteiger partial charge in [0, 0.05) is 5.69 Å². The number of nitrogens with zero attached hydrogens (tertiary/aromatic N) is 1. The normalized spacial score (nSPS) is 14.2. The Hall–Kier alpha value is -4.56. The van der Waals surface area contributed by atoms with Gasteiger partial charge in [0.05, 0.1) is 11.5 Å². The highest BCUT2D eigenvalue weighted by Gasteiger charge is 2.36. The molecule has 0 aromatic heterocycles. The highest BCUT2D eigenvalue weighted by molar-refractivity contribution is 8.18. The molecule has 0 unspecified atom stereocenters. The number of nitrogens with one attached hydrogen (secondary N) is 1. The SMILES string of the molecule is CCOc1cc(/C=C2/SC(=O)N(CC(=O)Nc3ccc(C(C)C)cc3)C2=O)ccc1OCc1cccc2ccccc12. The molecule has 8 heteroatoms. The topological polar surface area (TPSA) is 84.9 Å². The highest BCUT2D eigenvalue weighted by atomic mass is 32.2. The second kappa shape index (κ2) is 13.0. The number of thioether (sulfide) groups is 1. The molecule has 5 rings (SSSR count). The Bertz CT molecular complexity index is 1660. The lowest BCUT2D eigenvalue weighted by atomic mass is 10.0. The Morgan fingerprint density at radius 1 is 0.929 bits per heavy atom. The van der Waals surface area contributed by atoms with Crippen molar-refractivity contribution in [1.29, 1.82) is 0 Å².